The molecule has 0 radical (unpaired) electrons. The molecule has 3 nitrogen and oxygen atoms in total. The molecule has 5 heteroatoms. The maximum absolute atomic E-state index is 7.17. The predicted octanol–water partition coefficient (Wildman–Crippen LogP) is -2.92. The molecule has 0 aliphatic heterocycles. The Labute approximate surface area is 90.1 Å². The van der Waals surface area contributed by atoms with Crippen molar-refractivity contribution in [1.29, 1.82) is 0 Å². The zero-order chi connectivity index (χ0) is 9.40. The molecule has 0 unspecified atom stereocenters. The van der Waals surface area contributed by atoms with Gasteiger partial charge in [-0.1, -0.05) is 6.08 Å². The average molecular weight is 172 g/mol. The molecule has 13 heavy (non-hydrogen) atoms. The van der Waals surface area contributed by atoms with Crippen molar-refractivity contribution in [2.75, 3.05) is 0 Å². The van der Waals surface area contributed by atoms with Gasteiger partial charge in [0.05, 0.1) is 0 Å². The van der Waals surface area contributed by atoms with Gasteiger partial charge in [-0.15, -0.1) is 12.1 Å². The van der Waals surface area contributed by atoms with Crippen molar-refractivity contribution in [1.82, 2.24) is 0 Å². The van der Waals surface area contributed by atoms with Gasteiger partial charge in [0.25, 0.3) is 0 Å². The maximum Gasteiger partial charge on any atom is 1.00 e. The van der Waals surface area contributed by atoms with Gasteiger partial charge < -0.3 is 15.1 Å². The van der Waals surface area contributed by atoms with Crippen molar-refractivity contribution in [2.45, 2.75) is 0 Å². The van der Waals surface area contributed by atoms with Gasteiger partial charge >= 0.3 is 26.2 Å². The van der Waals surface area contributed by atoms with Crippen LogP contribution in [0.15, 0.2) is 30.8 Å². The van der Waals surface area contributed by atoms with E-state index in [-0.39, 0.29) is 18.9 Å². The van der Waals surface area contributed by atoms with Gasteiger partial charge in [-0.3, -0.25) is 0 Å². The number of hydrogen-bond acceptors (Lipinski definition) is 3. The minimum Gasteiger partial charge on any atom is -0.402 e. The Kier molecular flexibility index (Phi) is 11.1. The fraction of sp³-hybridized carbons (Fsp3) is 0. The summed E-state index contributed by atoms with van der Waals surface area (Å²) in [5.41, 5.74) is 1.14. The van der Waals surface area contributed by atoms with E-state index >= 15 is 0 Å². The van der Waals surface area contributed by atoms with Gasteiger partial charge in [-0.25, -0.2) is 0 Å². The second-order valence-corrected chi connectivity index (χ2v) is 1.88. The van der Waals surface area contributed by atoms with Gasteiger partial charge in [0.2, 0.25) is 0 Å². The third-order valence-corrected chi connectivity index (χ3v) is 0.980. The van der Waals surface area contributed by atoms with Crippen LogP contribution in [0.5, 0.6) is 0 Å². The number of rotatable bonds is 1. The van der Waals surface area contributed by atoms with E-state index in [1.807, 2.05) is 30.3 Å². The molecular weight excluding hydrogens is 162 g/mol. The Morgan fingerprint density at radius 1 is 1.23 bits per heavy atom. The van der Waals surface area contributed by atoms with Gasteiger partial charge in [0, 0.05) is 0 Å². The van der Waals surface area contributed by atoms with Gasteiger partial charge in [0.15, 0.2) is 0 Å². The normalized spacial score (nSPS) is 7.31. The zero-order valence-corrected chi connectivity index (χ0v) is 7.51. The summed E-state index contributed by atoms with van der Waals surface area (Å²) >= 11 is 0. The average Bonchev–Trinajstić information content (AvgIpc) is 2.05. The molecule has 64 valence electrons. The molecule has 0 aliphatic rings. The van der Waals surface area contributed by atoms with Crippen molar-refractivity contribution in [2.24, 2.45) is 0 Å². The van der Waals surface area contributed by atoms with Crippen molar-refractivity contribution in [3.8, 4) is 0 Å². The standard InChI is InChI=1S/C8H7.BH3O3.Li/c1-2-8-6-4-3-5-7-8;2-1(3)4;/h2,4-7H,1H2;2-4H;/q-1;;+1. The Morgan fingerprint density at radius 3 is 1.85 bits per heavy atom. The second-order valence-electron chi connectivity index (χ2n) is 1.88. The second kappa shape index (κ2) is 9.59. The quantitative estimate of drug-likeness (QED) is 0.314. The van der Waals surface area contributed by atoms with Crippen LogP contribution in [0.25, 0.3) is 6.08 Å². The van der Waals surface area contributed by atoms with Crippen molar-refractivity contribution >= 4 is 13.4 Å². The summed E-state index contributed by atoms with van der Waals surface area (Å²) in [5, 5.41) is 21.5. The predicted molar refractivity (Wildman–Crippen MR) is 47.8 cm³/mol. The van der Waals surface area contributed by atoms with E-state index in [0.29, 0.717) is 0 Å². The molecule has 0 spiro atoms. The first kappa shape index (κ1) is 15.0. The molecule has 0 saturated heterocycles. The molecule has 0 fully saturated rings. The maximum atomic E-state index is 7.17. The van der Waals surface area contributed by atoms with Crippen molar-refractivity contribution in [3.63, 3.8) is 0 Å². The number of benzene rings is 1. The van der Waals surface area contributed by atoms with Crippen LogP contribution in [0.1, 0.15) is 5.56 Å². The van der Waals surface area contributed by atoms with Crippen LogP contribution in [-0.4, -0.2) is 22.4 Å². The first-order valence-electron chi connectivity index (χ1n) is 3.29. The Morgan fingerprint density at radius 2 is 1.62 bits per heavy atom. The monoisotopic (exact) mass is 172 g/mol. The fourth-order valence-electron chi connectivity index (χ4n) is 0.536. The van der Waals surface area contributed by atoms with Crippen LogP contribution in [0.3, 0.4) is 0 Å². The molecule has 1 aromatic carbocycles. The van der Waals surface area contributed by atoms with Gasteiger partial charge in [0.1, 0.15) is 0 Å². The summed E-state index contributed by atoms with van der Waals surface area (Å²) in [6.45, 7) is 3.62. The Bertz CT molecular complexity index is 213. The van der Waals surface area contributed by atoms with E-state index in [4.69, 9.17) is 15.1 Å². The minimum atomic E-state index is -2.17. The largest absolute Gasteiger partial charge is 1.00 e. The molecule has 0 atom stereocenters. The van der Waals surface area contributed by atoms with E-state index in [1.165, 1.54) is 0 Å². The van der Waals surface area contributed by atoms with E-state index in [9.17, 15) is 0 Å². The number of hydrogen-bond donors (Lipinski definition) is 3. The SMILES string of the molecule is C=Cc1cc[c-]cc1.OB(O)O.[Li+]. The molecule has 0 heterocycles. The van der Waals surface area contributed by atoms with Gasteiger partial charge in [-0.05, 0) is 0 Å². The van der Waals surface area contributed by atoms with Crippen LogP contribution in [0, 0.1) is 6.07 Å². The molecule has 3 N–H and O–H groups in total. The van der Waals surface area contributed by atoms with Crippen LogP contribution in [0.4, 0.5) is 0 Å². The summed E-state index contributed by atoms with van der Waals surface area (Å²) in [5.74, 6) is 0. The summed E-state index contributed by atoms with van der Waals surface area (Å²) in [6.07, 6.45) is 1.81. The molecule has 0 saturated carbocycles. The molecule has 0 amide bonds. The van der Waals surface area contributed by atoms with Crippen LogP contribution >= 0.6 is 0 Å². The summed E-state index contributed by atoms with van der Waals surface area (Å²) in [6, 6.07) is 10.6. The van der Waals surface area contributed by atoms with Crippen LogP contribution < -0.4 is 18.9 Å². The summed E-state index contributed by atoms with van der Waals surface area (Å²) in [7, 11) is -2.17. The van der Waals surface area contributed by atoms with E-state index < -0.39 is 7.32 Å². The van der Waals surface area contributed by atoms with E-state index in [2.05, 4.69) is 12.6 Å². The summed E-state index contributed by atoms with van der Waals surface area (Å²) < 4.78 is 0. The fourth-order valence-corrected chi connectivity index (χ4v) is 0.536. The van der Waals surface area contributed by atoms with Crippen LogP contribution in [0.2, 0.25) is 0 Å². The minimum absolute atomic E-state index is 0. The zero-order valence-electron chi connectivity index (χ0n) is 7.51. The third-order valence-electron chi connectivity index (χ3n) is 0.980. The first-order chi connectivity index (χ1) is 5.66. The van der Waals surface area contributed by atoms with Gasteiger partial charge in [-0.2, -0.15) is 30.3 Å². The van der Waals surface area contributed by atoms with E-state index in [1.54, 1.807) is 0 Å². The molecule has 1 aromatic rings. The smallest absolute Gasteiger partial charge is 0.402 e. The van der Waals surface area contributed by atoms with Crippen molar-refractivity contribution in [3.05, 3.63) is 42.5 Å². The molecule has 0 aliphatic carbocycles. The summed E-state index contributed by atoms with van der Waals surface area (Å²) in [4.78, 5) is 0. The molecule has 0 aromatic heterocycles. The van der Waals surface area contributed by atoms with E-state index in [0.717, 1.165) is 5.56 Å². The topological polar surface area (TPSA) is 60.7 Å². The first-order valence-corrected chi connectivity index (χ1v) is 3.29. The molecular formula is C8H10BLiO3. The Balaban J connectivity index is 0. The Hall–Kier alpha value is -0.498. The molecule has 0 bridgehead atoms. The molecule has 1 rings (SSSR count). The third kappa shape index (κ3) is 11.5. The van der Waals surface area contributed by atoms with Crippen molar-refractivity contribution < 1.29 is 33.9 Å². The van der Waals surface area contributed by atoms with Crippen LogP contribution in [-0.2, 0) is 0 Å².